The maximum Gasteiger partial charge on any atom is 0.235 e. The molecule has 0 saturated heterocycles. The van der Waals surface area contributed by atoms with Crippen LogP contribution in [0.25, 0.3) is 79.5 Å². The van der Waals surface area contributed by atoms with Crippen molar-refractivity contribution in [3.63, 3.8) is 0 Å². The van der Waals surface area contributed by atoms with Crippen LogP contribution in [0.4, 0.5) is 0 Å². The summed E-state index contributed by atoms with van der Waals surface area (Å²) in [5.74, 6) is 0.708. The molecule has 9 aromatic rings. The summed E-state index contributed by atoms with van der Waals surface area (Å²) >= 11 is 3.74. The second-order valence-electron chi connectivity index (χ2n) is 9.81. The van der Waals surface area contributed by atoms with Crippen LogP contribution in [0, 0.1) is 0 Å². The fraction of sp³-hybridized carbons (Fsp3) is 0. The van der Waals surface area contributed by atoms with Gasteiger partial charge in [-0.15, -0.1) is 22.7 Å². The van der Waals surface area contributed by atoms with Gasteiger partial charge in [-0.05, 0) is 29.0 Å². The van der Waals surface area contributed by atoms with Crippen LogP contribution in [0.2, 0.25) is 0 Å². The Kier molecular flexibility index (Phi) is 4.36. The van der Waals surface area contributed by atoms with Crippen molar-refractivity contribution in [2.75, 3.05) is 0 Å². The fourth-order valence-electron chi connectivity index (χ4n) is 5.90. The van der Waals surface area contributed by atoms with Crippen LogP contribution < -0.4 is 0 Å². The molecule has 0 unspecified atom stereocenters. The van der Waals surface area contributed by atoms with Gasteiger partial charge in [0.25, 0.3) is 0 Å². The van der Waals surface area contributed by atoms with Gasteiger partial charge in [0, 0.05) is 26.4 Å². The monoisotopic (exact) mass is 533 g/mol. The number of thiophene rings is 2. The maximum absolute atomic E-state index is 5.37. The summed E-state index contributed by atoms with van der Waals surface area (Å²) in [7, 11) is 0. The summed E-state index contributed by atoms with van der Waals surface area (Å²) in [6.07, 6.45) is 0. The highest BCUT2D eigenvalue weighted by Crippen LogP contribution is 2.48. The number of rotatable bonds is 2. The summed E-state index contributed by atoms with van der Waals surface area (Å²) in [4.78, 5) is 10.6. The minimum Gasteiger partial charge on any atom is -0.276 e. The lowest BCUT2D eigenvalue weighted by Gasteiger charge is -2.13. The molecule has 0 fully saturated rings. The van der Waals surface area contributed by atoms with E-state index in [1.165, 1.54) is 45.9 Å². The summed E-state index contributed by atoms with van der Waals surface area (Å²) < 4.78 is 7.54. The van der Waals surface area contributed by atoms with Gasteiger partial charge in [-0.2, -0.15) is 0 Å². The topological polar surface area (TPSA) is 30.7 Å². The van der Waals surface area contributed by atoms with Gasteiger partial charge < -0.3 is 0 Å². The summed E-state index contributed by atoms with van der Waals surface area (Å²) in [5.41, 5.74) is 5.34. The highest BCUT2D eigenvalue weighted by molar-refractivity contribution is 7.37. The van der Waals surface area contributed by atoms with Crippen LogP contribution in [0.15, 0.2) is 115 Å². The zero-order chi connectivity index (χ0) is 25.5. The van der Waals surface area contributed by atoms with Gasteiger partial charge in [0.2, 0.25) is 5.95 Å². The van der Waals surface area contributed by atoms with E-state index in [1.54, 1.807) is 0 Å². The van der Waals surface area contributed by atoms with Gasteiger partial charge in [0.15, 0.2) is 0 Å². The van der Waals surface area contributed by atoms with Crippen molar-refractivity contribution in [1.82, 2.24) is 14.5 Å². The molecule has 0 atom stereocenters. The van der Waals surface area contributed by atoms with Crippen molar-refractivity contribution in [3.8, 4) is 17.2 Å². The highest BCUT2D eigenvalue weighted by Gasteiger charge is 2.23. The average molecular weight is 534 g/mol. The quantitative estimate of drug-likeness (QED) is 0.207. The molecule has 5 heteroatoms. The zero-order valence-electron chi connectivity index (χ0n) is 20.6. The van der Waals surface area contributed by atoms with Crippen molar-refractivity contribution >= 4 is 85.0 Å². The van der Waals surface area contributed by atoms with Crippen molar-refractivity contribution in [2.24, 2.45) is 0 Å². The molecule has 182 valence electrons. The third-order valence-electron chi connectivity index (χ3n) is 7.62. The van der Waals surface area contributed by atoms with E-state index < -0.39 is 0 Å². The van der Waals surface area contributed by atoms with E-state index >= 15 is 0 Å². The Morgan fingerprint density at radius 3 is 2.18 bits per heavy atom. The molecule has 0 radical (unpaired) electrons. The first kappa shape index (κ1) is 21.4. The van der Waals surface area contributed by atoms with E-state index in [-0.39, 0.29) is 0 Å². The molecule has 4 aromatic heterocycles. The number of benzene rings is 5. The molecular formula is C34H19N3S2. The second kappa shape index (κ2) is 7.96. The van der Waals surface area contributed by atoms with E-state index in [0.29, 0.717) is 5.95 Å². The third kappa shape index (κ3) is 2.97. The van der Waals surface area contributed by atoms with Crippen molar-refractivity contribution in [2.45, 2.75) is 0 Å². The van der Waals surface area contributed by atoms with Gasteiger partial charge >= 0.3 is 0 Å². The largest absolute Gasteiger partial charge is 0.276 e. The van der Waals surface area contributed by atoms with E-state index in [2.05, 4.69) is 120 Å². The van der Waals surface area contributed by atoms with Gasteiger partial charge in [-0.1, -0.05) is 97.1 Å². The predicted molar refractivity (Wildman–Crippen MR) is 168 cm³/mol. The first-order chi connectivity index (χ1) is 19.3. The van der Waals surface area contributed by atoms with Gasteiger partial charge in [-0.25, -0.2) is 9.97 Å². The zero-order valence-corrected chi connectivity index (χ0v) is 22.3. The molecule has 9 rings (SSSR count). The Bertz CT molecular complexity index is 2390. The van der Waals surface area contributed by atoms with E-state index in [9.17, 15) is 0 Å². The lowest BCUT2D eigenvalue weighted by molar-refractivity contribution is 1.02. The van der Waals surface area contributed by atoms with Crippen LogP contribution in [0.1, 0.15) is 0 Å². The molecule has 4 heterocycles. The molecule has 5 aromatic carbocycles. The fourth-order valence-corrected chi connectivity index (χ4v) is 8.68. The Morgan fingerprint density at radius 2 is 1.28 bits per heavy atom. The van der Waals surface area contributed by atoms with Crippen LogP contribution in [-0.4, -0.2) is 14.5 Å². The van der Waals surface area contributed by atoms with Crippen LogP contribution in [-0.2, 0) is 0 Å². The molecule has 0 N–H and O–H groups in total. The van der Waals surface area contributed by atoms with E-state index in [0.717, 1.165) is 27.7 Å². The number of hydrogen-bond donors (Lipinski definition) is 0. The molecule has 0 saturated carbocycles. The van der Waals surface area contributed by atoms with E-state index in [4.69, 9.17) is 9.97 Å². The average Bonchev–Trinajstić information content (AvgIpc) is 3.64. The molecule has 0 amide bonds. The SMILES string of the molecule is c1ccc(-c2nc(-n3c4ccccc4c4sc5c6ccccc6sc5c43)nc3ccc4ccccc4c23)cc1. The highest BCUT2D eigenvalue weighted by atomic mass is 32.1. The summed E-state index contributed by atoms with van der Waals surface area (Å²) in [5, 5.41) is 6.02. The molecule has 0 aliphatic rings. The first-order valence-electron chi connectivity index (χ1n) is 12.9. The summed E-state index contributed by atoms with van der Waals surface area (Å²) in [6.45, 7) is 0. The maximum atomic E-state index is 5.37. The normalized spacial score (nSPS) is 12.1. The van der Waals surface area contributed by atoms with Crippen LogP contribution in [0.3, 0.4) is 0 Å². The smallest absolute Gasteiger partial charge is 0.235 e. The number of fused-ring (bicyclic) bond motifs is 10. The van der Waals surface area contributed by atoms with Crippen LogP contribution in [0.5, 0.6) is 0 Å². The molecule has 3 nitrogen and oxygen atoms in total. The van der Waals surface area contributed by atoms with Gasteiger partial charge in [0.05, 0.1) is 36.3 Å². The van der Waals surface area contributed by atoms with Crippen LogP contribution >= 0.6 is 22.7 Å². The Hall–Kier alpha value is -4.58. The van der Waals surface area contributed by atoms with E-state index in [1.807, 2.05) is 22.7 Å². The standard InChI is InChI=1S/C34H19N3S2/c1-2-11-21(12-3-1)29-28-22-13-5-4-10-20(22)18-19-25(28)35-34(36-29)37-26-16-8-6-14-23(26)31-30(37)33-32(39-31)24-15-7-9-17-27(24)38-33/h1-19H. The van der Waals surface area contributed by atoms with Crippen molar-refractivity contribution in [1.29, 1.82) is 0 Å². The van der Waals surface area contributed by atoms with Crippen molar-refractivity contribution in [3.05, 3.63) is 115 Å². The molecule has 0 aliphatic heterocycles. The van der Waals surface area contributed by atoms with Crippen molar-refractivity contribution < 1.29 is 0 Å². The Balaban J connectivity index is 1.47. The predicted octanol–water partition coefficient (Wildman–Crippen LogP) is 9.98. The minimum absolute atomic E-state index is 0.708. The lowest BCUT2D eigenvalue weighted by atomic mass is 10.0. The molecule has 0 bridgehead atoms. The number of aromatic nitrogens is 3. The molecular weight excluding hydrogens is 515 g/mol. The lowest BCUT2D eigenvalue weighted by Crippen LogP contribution is -2.03. The minimum atomic E-state index is 0.708. The first-order valence-corrected chi connectivity index (χ1v) is 14.6. The van der Waals surface area contributed by atoms with Gasteiger partial charge in [0.1, 0.15) is 0 Å². The number of para-hydroxylation sites is 1. The number of hydrogen-bond acceptors (Lipinski definition) is 4. The molecule has 39 heavy (non-hydrogen) atoms. The molecule has 0 aliphatic carbocycles. The third-order valence-corrected chi connectivity index (χ3v) is 10.2. The Morgan fingerprint density at radius 1 is 0.538 bits per heavy atom. The number of nitrogens with zero attached hydrogens (tertiary/aromatic N) is 3. The second-order valence-corrected chi connectivity index (χ2v) is 11.9. The summed E-state index contributed by atoms with van der Waals surface area (Å²) in [6, 6.07) is 40.7. The molecule has 0 spiro atoms. The van der Waals surface area contributed by atoms with Gasteiger partial charge in [-0.3, -0.25) is 4.57 Å². The Labute approximate surface area is 231 Å².